The largest absolute Gasteiger partial charge is 0.462 e. The number of halogens is 1. The number of carbonyl (C=O) groups excluding carboxylic acids is 1. The second-order valence-corrected chi connectivity index (χ2v) is 4.01. The highest BCUT2D eigenvalue weighted by Gasteiger charge is 2.12. The Morgan fingerprint density at radius 2 is 1.95 bits per heavy atom. The molecule has 0 bridgehead atoms. The molecule has 0 aliphatic rings. The van der Waals surface area contributed by atoms with Crippen LogP contribution in [0.4, 0.5) is 10.1 Å². The van der Waals surface area contributed by atoms with Crippen molar-refractivity contribution in [2.45, 2.75) is 6.92 Å². The molecule has 0 radical (unpaired) electrons. The zero-order valence-electron chi connectivity index (χ0n) is 10.9. The summed E-state index contributed by atoms with van der Waals surface area (Å²) in [5.41, 5.74) is 6.37. The molecule has 2 aromatic carbocycles. The zero-order valence-corrected chi connectivity index (χ0v) is 10.9. The van der Waals surface area contributed by atoms with Crippen molar-refractivity contribution in [2.24, 2.45) is 0 Å². The highest BCUT2D eigenvalue weighted by atomic mass is 19.1. The van der Waals surface area contributed by atoms with E-state index in [1.165, 1.54) is 30.3 Å². The van der Waals surface area contributed by atoms with E-state index in [9.17, 15) is 9.18 Å². The van der Waals surface area contributed by atoms with Gasteiger partial charge in [-0.1, -0.05) is 12.1 Å². The van der Waals surface area contributed by atoms with Gasteiger partial charge in [0.05, 0.1) is 17.9 Å². The maximum atomic E-state index is 13.5. The number of rotatable bonds is 4. The van der Waals surface area contributed by atoms with Crippen LogP contribution in [0.1, 0.15) is 17.3 Å². The van der Waals surface area contributed by atoms with Crippen molar-refractivity contribution in [3.05, 3.63) is 53.8 Å². The molecule has 0 spiro atoms. The minimum Gasteiger partial charge on any atom is -0.462 e. The molecule has 2 N–H and O–H groups in total. The molecule has 0 aliphatic carbocycles. The summed E-state index contributed by atoms with van der Waals surface area (Å²) in [6, 6.07) is 10.4. The quantitative estimate of drug-likeness (QED) is 0.686. The average molecular weight is 275 g/mol. The average Bonchev–Trinajstić information content (AvgIpc) is 2.44. The number of benzene rings is 2. The molecule has 0 fully saturated rings. The van der Waals surface area contributed by atoms with E-state index < -0.39 is 11.8 Å². The van der Waals surface area contributed by atoms with Crippen LogP contribution in [0.15, 0.2) is 42.5 Å². The SMILES string of the molecule is CCOC(=O)c1ccc(N)c(Oc2ccccc2F)c1. The lowest BCUT2D eigenvalue weighted by Gasteiger charge is -2.10. The number of esters is 1. The first-order valence-corrected chi connectivity index (χ1v) is 6.11. The first kappa shape index (κ1) is 13.9. The van der Waals surface area contributed by atoms with Crippen molar-refractivity contribution in [2.75, 3.05) is 12.3 Å². The Morgan fingerprint density at radius 3 is 2.65 bits per heavy atom. The fraction of sp³-hybridized carbons (Fsp3) is 0.133. The van der Waals surface area contributed by atoms with Crippen LogP contribution in [0.25, 0.3) is 0 Å². The Bertz CT molecular complexity index is 628. The normalized spacial score (nSPS) is 10.1. The van der Waals surface area contributed by atoms with Crippen molar-refractivity contribution in [3.63, 3.8) is 0 Å². The molecule has 0 aromatic heterocycles. The molecule has 104 valence electrons. The van der Waals surface area contributed by atoms with Gasteiger partial charge in [-0.3, -0.25) is 0 Å². The first-order valence-electron chi connectivity index (χ1n) is 6.11. The van der Waals surface area contributed by atoms with Crippen molar-refractivity contribution in [3.8, 4) is 11.5 Å². The van der Waals surface area contributed by atoms with Crippen LogP contribution < -0.4 is 10.5 Å². The molecule has 4 nitrogen and oxygen atoms in total. The Morgan fingerprint density at radius 1 is 1.20 bits per heavy atom. The monoisotopic (exact) mass is 275 g/mol. The predicted octanol–water partition coefficient (Wildman–Crippen LogP) is 3.38. The van der Waals surface area contributed by atoms with E-state index in [-0.39, 0.29) is 18.1 Å². The van der Waals surface area contributed by atoms with Gasteiger partial charge >= 0.3 is 5.97 Å². The van der Waals surface area contributed by atoms with Crippen LogP contribution in [-0.4, -0.2) is 12.6 Å². The van der Waals surface area contributed by atoms with Crippen molar-refractivity contribution in [1.29, 1.82) is 0 Å². The third-order valence-corrected chi connectivity index (χ3v) is 2.58. The molecule has 0 saturated carbocycles. The van der Waals surface area contributed by atoms with Gasteiger partial charge in [0.15, 0.2) is 17.3 Å². The summed E-state index contributed by atoms with van der Waals surface area (Å²) in [6.45, 7) is 1.98. The molecule has 2 aromatic rings. The molecule has 0 amide bonds. The van der Waals surface area contributed by atoms with E-state index in [0.29, 0.717) is 11.3 Å². The highest BCUT2D eigenvalue weighted by molar-refractivity contribution is 5.90. The van der Waals surface area contributed by atoms with E-state index in [0.717, 1.165) is 0 Å². The van der Waals surface area contributed by atoms with Gasteiger partial charge in [-0.15, -0.1) is 0 Å². The summed E-state index contributed by atoms with van der Waals surface area (Å²) in [6.07, 6.45) is 0. The van der Waals surface area contributed by atoms with Gasteiger partial charge in [0.25, 0.3) is 0 Å². The number of hydrogen-bond donors (Lipinski definition) is 1. The molecule has 5 heteroatoms. The summed E-state index contributed by atoms with van der Waals surface area (Å²) in [7, 11) is 0. The molecule has 0 atom stereocenters. The van der Waals surface area contributed by atoms with Gasteiger partial charge in [0, 0.05) is 0 Å². The predicted molar refractivity (Wildman–Crippen MR) is 73.3 cm³/mol. The van der Waals surface area contributed by atoms with E-state index in [4.69, 9.17) is 15.2 Å². The number of carbonyl (C=O) groups is 1. The van der Waals surface area contributed by atoms with Crippen LogP contribution in [0.3, 0.4) is 0 Å². The topological polar surface area (TPSA) is 61.5 Å². The molecular formula is C15H14FNO3. The molecule has 0 heterocycles. The third-order valence-electron chi connectivity index (χ3n) is 2.58. The Balaban J connectivity index is 2.30. The van der Waals surface area contributed by atoms with Crippen LogP contribution in [0.5, 0.6) is 11.5 Å². The molecule has 0 saturated heterocycles. The van der Waals surface area contributed by atoms with Gasteiger partial charge < -0.3 is 15.2 Å². The Kier molecular flexibility index (Phi) is 4.20. The van der Waals surface area contributed by atoms with E-state index in [2.05, 4.69) is 0 Å². The smallest absolute Gasteiger partial charge is 0.338 e. The van der Waals surface area contributed by atoms with Gasteiger partial charge in [0.1, 0.15) is 0 Å². The second kappa shape index (κ2) is 6.06. The van der Waals surface area contributed by atoms with E-state index in [1.807, 2.05) is 0 Å². The molecule has 0 unspecified atom stereocenters. The number of nitrogens with two attached hydrogens (primary N) is 1. The van der Waals surface area contributed by atoms with Crippen LogP contribution in [0.2, 0.25) is 0 Å². The van der Waals surface area contributed by atoms with Gasteiger partial charge in [-0.25, -0.2) is 9.18 Å². The van der Waals surface area contributed by atoms with Crippen molar-refractivity contribution in [1.82, 2.24) is 0 Å². The lowest BCUT2D eigenvalue weighted by Crippen LogP contribution is -2.05. The van der Waals surface area contributed by atoms with Gasteiger partial charge in [-0.05, 0) is 37.3 Å². The fourth-order valence-electron chi connectivity index (χ4n) is 1.61. The summed E-state index contributed by atoms with van der Waals surface area (Å²) >= 11 is 0. The summed E-state index contributed by atoms with van der Waals surface area (Å²) in [5, 5.41) is 0. The number of nitrogen functional groups attached to an aromatic ring is 1. The van der Waals surface area contributed by atoms with Crippen molar-refractivity contribution >= 4 is 11.7 Å². The standard InChI is InChI=1S/C15H14FNO3/c1-2-19-15(18)10-7-8-12(17)14(9-10)20-13-6-4-3-5-11(13)16/h3-9H,2,17H2,1H3. The number of ether oxygens (including phenoxy) is 2. The lowest BCUT2D eigenvalue weighted by molar-refractivity contribution is 0.0526. The van der Waals surface area contributed by atoms with Gasteiger partial charge in [-0.2, -0.15) is 0 Å². The van der Waals surface area contributed by atoms with Gasteiger partial charge in [0.2, 0.25) is 0 Å². The highest BCUT2D eigenvalue weighted by Crippen LogP contribution is 2.30. The molecule has 20 heavy (non-hydrogen) atoms. The van der Waals surface area contributed by atoms with Crippen LogP contribution in [0, 0.1) is 5.82 Å². The second-order valence-electron chi connectivity index (χ2n) is 4.01. The molecule has 0 aliphatic heterocycles. The first-order chi connectivity index (χ1) is 9.61. The van der Waals surface area contributed by atoms with Crippen LogP contribution >= 0.6 is 0 Å². The Labute approximate surface area is 115 Å². The van der Waals surface area contributed by atoms with Crippen LogP contribution in [-0.2, 0) is 4.74 Å². The van der Waals surface area contributed by atoms with E-state index >= 15 is 0 Å². The summed E-state index contributed by atoms with van der Waals surface area (Å²) in [4.78, 5) is 11.6. The third kappa shape index (κ3) is 3.06. The van der Waals surface area contributed by atoms with E-state index in [1.54, 1.807) is 19.1 Å². The lowest BCUT2D eigenvalue weighted by atomic mass is 10.2. The molecule has 2 rings (SSSR count). The maximum Gasteiger partial charge on any atom is 0.338 e. The molecular weight excluding hydrogens is 261 g/mol. The number of hydrogen-bond acceptors (Lipinski definition) is 4. The maximum absolute atomic E-state index is 13.5. The zero-order chi connectivity index (χ0) is 14.5. The fourth-order valence-corrected chi connectivity index (χ4v) is 1.61. The number of anilines is 1. The summed E-state index contributed by atoms with van der Waals surface area (Å²) in [5.74, 6) is -0.736. The minimum atomic E-state index is -0.506. The number of para-hydroxylation sites is 1. The summed E-state index contributed by atoms with van der Waals surface area (Å²) < 4.78 is 23.8. The minimum absolute atomic E-state index is 0.0419. The van der Waals surface area contributed by atoms with Crippen molar-refractivity contribution < 1.29 is 18.7 Å². The Hall–Kier alpha value is -2.56.